The number of carbonyl (C=O) groups is 2. The zero-order valence-corrected chi connectivity index (χ0v) is 16.0. The van der Waals surface area contributed by atoms with Crippen LogP contribution in [0.3, 0.4) is 0 Å². The molecule has 0 aliphatic carbocycles. The number of hydrogen-bond donors (Lipinski definition) is 2. The molecule has 2 N–H and O–H groups in total. The van der Waals surface area contributed by atoms with Gasteiger partial charge in [0.1, 0.15) is 0 Å². The van der Waals surface area contributed by atoms with E-state index in [4.69, 9.17) is 11.6 Å². The Morgan fingerprint density at radius 1 is 1.07 bits per heavy atom. The van der Waals surface area contributed by atoms with E-state index in [9.17, 15) is 9.59 Å². The predicted molar refractivity (Wildman–Crippen MR) is 109 cm³/mol. The lowest BCUT2D eigenvalue weighted by molar-refractivity contribution is 0.0974. The number of piperazine rings is 1. The van der Waals surface area contributed by atoms with Gasteiger partial charge in [0.05, 0.1) is 5.69 Å². The van der Waals surface area contributed by atoms with Gasteiger partial charge in [-0.1, -0.05) is 29.8 Å². The topological polar surface area (TPSA) is 61.4 Å². The number of hydrogen-bond acceptors (Lipinski definition) is 4. The Morgan fingerprint density at radius 3 is 2.63 bits per heavy atom. The Labute approximate surface area is 164 Å². The molecule has 5 nitrogen and oxygen atoms in total. The Morgan fingerprint density at radius 2 is 1.85 bits per heavy atom. The molecule has 3 rings (SSSR count). The number of nitrogens with zero attached hydrogens (tertiary/aromatic N) is 1. The highest BCUT2D eigenvalue weighted by atomic mass is 35.5. The molecule has 1 aliphatic rings. The molecule has 1 fully saturated rings. The standard InChI is InChI=1S/C21H24ClN3O2/c22-17-6-3-5-16(15-17)21(27)24-19-8-2-1-7-18(19)20(26)9-4-12-25-13-10-23-11-14-25/h1-3,5-8,15,23H,4,9-14H2,(H,24,27). The van der Waals surface area contributed by atoms with E-state index in [1.807, 2.05) is 12.1 Å². The smallest absolute Gasteiger partial charge is 0.255 e. The van der Waals surface area contributed by atoms with Crippen LogP contribution in [0.25, 0.3) is 0 Å². The van der Waals surface area contributed by atoms with Gasteiger partial charge in [0.2, 0.25) is 0 Å². The first-order chi connectivity index (χ1) is 13.1. The summed E-state index contributed by atoms with van der Waals surface area (Å²) < 4.78 is 0. The number of halogens is 1. The third-order valence-corrected chi connectivity index (χ3v) is 4.89. The number of Topliss-reactive ketones (excluding diaryl/α,β-unsaturated/α-hetero) is 1. The molecule has 0 atom stereocenters. The van der Waals surface area contributed by atoms with Crippen LogP contribution in [-0.2, 0) is 0 Å². The molecule has 6 heteroatoms. The van der Waals surface area contributed by atoms with Gasteiger partial charge in [0, 0.05) is 48.7 Å². The van der Waals surface area contributed by atoms with Crippen LogP contribution in [0, 0.1) is 0 Å². The maximum absolute atomic E-state index is 12.7. The van der Waals surface area contributed by atoms with Gasteiger partial charge in [0.15, 0.2) is 5.78 Å². The molecule has 1 amide bonds. The number of ketones is 1. The first kappa shape index (κ1) is 19.5. The number of anilines is 1. The van der Waals surface area contributed by atoms with E-state index < -0.39 is 0 Å². The summed E-state index contributed by atoms with van der Waals surface area (Å²) >= 11 is 5.95. The molecule has 0 unspecified atom stereocenters. The van der Waals surface area contributed by atoms with Gasteiger partial charge in [-0.2, -0.15) is 0 Å². The molecule has 27 heavy (non-hydrogen) atoms. The van der Waals surface area contributed by atoms with E-state index in [0.717, 1.165) is 39.1 Å². The van der Waals surface area contributed by atoms with Crippen LogP contribution in [0.15, 0.2) is 48.5 Å². The summed E-state index contributed by atoms with van der Waals surface area (Å²) in [5.74, 6) is -0.231. The van der Waals surface area contributed by atoms with Crippen molar-refractivity contribution >= 4 is 29.0 Å². The fraction of sp³-hybridized carbons (Fsp3) is 0.333. The molecular weight excluding hydrogens is 362 g/mol. The fourth-order valence-corrected chi connectivity index (χ4v) is 3.38. The van der Waals surface area contributed by atoms with E-state index in [1.165, 1.54) is 0 Å². The molecule has 0 radical (unpaired) electrons. The molecule has 142 valence electrons. The zero-order chi connectivity index (χ0) is 19.1. The van der Waals surface area contributed by atoms with E-state index in [2.05, 4.69) is 15.5 Å². The highest BCUT2D eigenvalue weighted by Gasteiger charge is 2.15. The first-order valence-corrected chi connectivity index (χ1v) is 9.63. The second-order valence-electron chi connectivity index (χ2n) is 6.63. The minimum Gasteiger partial charge on any atom is -0.321 e. The summed E-state index contributed by atoms with van der Waals surface area (Å²) in [6, 6.07) is 13.9. The van der Waals surface area contributed by atoms with Gasteiger partial charge in [-0.25, -0.2) is 0 Å². The second-order valence-corrected chi connectivity index (χ2v) is 7.06. The second kappa shape index (κ2) is 9.65. The first-order valence-electron chi connectivity index (χ1n) is 9.26. The van der Waals surface area contributed by atoms with Crippen molar-refractivity contribution in [2.75, 3.05) is 38.0 Å². The summed E-state index contributed by atoms with van der Waals surface area (Å²) in [6.07, 6.45) is 1.28. The fourth-order valence-electron chi connectivity index (χ4n) is 3.19. The number of amides is 1. The van der Waals surface area contributed by atoms with E-state index in [1.54, 1.807) is 36.4 Å². The van der Waals surface area contributed by atoms with Crippen molar-refractivity contribution in [3.8, 4) is 0 Å². The summed E-state index contributed by atoms with van der Waals surface area (Å²) in [7, 11) is 0. The van der Waals surface area contributed by atoms with Gasteiger partial charge in [-0.05, 0) is 43.3 Å². The van der Waals surface area contributed by atoms with Crippen LogP contribution in [0.4, 0.5) is 5.69 Å². The van der Waals surface area contributed by atoms with Crippen molar-refractivity contribution in [1.29, 1.82) is 0 Å². The third-order valence-electron chi connectivity index (χ3n) is 4.65. The highest BCUT2D eigenvalue weighted by molar-refractivity contribution is 6.31. The Bertz CT molecular complexity index is 804. The van der Waals surface area contributed by atoms with Crippen LogP contribution in [0.5, 0.6) is 0 Å². The molecule has 1 heterocycles. The Balaban J connectivity index is 1.60. The van der Waals surface area contributed by atoms with Gasteiger partial charge in [-0.15, -0.1) is 0 Å². The summed E-state index contributed by atoms with van der Waals surface area (Å²) in [5.41, 5.74) is 1.55. The molecule has 0 aromatic heterocycles. The monoisotopic (exact) mass is 385 g/mol. The quantitative estimate of drug-likeness (QED) is 0.716. The highest BCUT2D eigenvalue weighted by Crippen LogP contribution is 2.20. The van der Waals surface area contributed by atoms with Crippen LogP contribution >= 0.6 is 11.6 Å². The van der Waals surface area contributed by atoms with Crippen LogP contribution in [-0.4, -0.2) is 49.3 Å². The van der Waals surface area contributed by atoms with Gasteiger partial charge < -0.3 is 15.5 Å². The maximum Gasteiger partial charge on any atom is 0.255 e. The van der Waals surface area contributed by atoms with Crippen LogP contribution in [0.2, 0.25) is 5.02 Å². The Hall–Kier alpha value is -2.21. The Kier molecular flexibility index (Phi) is 6.98. The van der Waals surface area contributed by atoms with Gasteiger partial charge in [-0.3, -0.25) is 9.59 Å². The maximum atomic E-state index is 12.7. The van der Waals surface area contributed by atoms with Gasteiger partial charge >= 0.3 is 0 Å². The lowest BCUT2D eigenvalue weighted by Crippen LogP contribution is -2.43. The number of nitrogens with one attached hydrogen (secondary N) is 2. The van der Waals surface area contributed by atoms with E-state index in [-0.39, 0.29) is 11.7 Å². The van der Waals surface area contributed by atoms with E-state index >= 15 is 0 Å². The van der Waals surface area contributed by atoms with Crippen molar-refractivity contribution in [1.82, 2.24) is 10.2 Å². The molecule has 0 bridgehead atoms. The summed E-state index contributed by atoms with van der Waals surface area (Å²) in [4.78, 5) is 27.5. The van der Waals surface area contributed by atoms with Crippen molar-refractivity contribution in [3.05, 3.63) is 64.7 Å². The number of para-hydroxylation sites is 1. The van der Waals surface area contributed by atoms with E-state index in [0.29, 0.717) is 28.3 Å². The lowest BCUT2D eigenvalue weighted by atomic mass is 10.0. The molecule has 2 aromatic carbocycles. The summed E-state index contributed by atoms with van der Waals surface area (Å²) in [6.45, 7) is 4.99. The average molecular weight is 386 g/mol. The lowest BCUT2D eigenvalue weighted by Gasteiger charge is -2.26. The number of rotatable bonds is 7. The molecule has 0 spiro atoms. The SMILES string of the molecule is O=C(Nc1ccccc1C(=O)CCCN1CCNCC1)c1cccc(Cl)c1. The van der Waals surface area contributed by atoms with Crippen molar-refractivity contribution in [3.63, 3.8) is 0 Å². The minimum atomic E-state index is -0.279. The summed E-state index contributed by atoms with van der Waals surface area (Å²) in [5, 5.41) is 6.66. The molecule has 1 saturated heterocycles. The average Bonchev–Trinajstić information content (AvgIpc) is 2.69. The van der Waals surface area contributed by atoms with Crippen molar-refractivity contribution in [2.24, 2.45) is 0 Å². The molecule has 0 saturated carbocycles. The predicted octanol–water partition coefficient (Wildman–Crippen LogP) is 3.46. The van der Waals surface area contributed by atoms with Crippen molar-refractivity contribution in [2.45, 2.75) is 12.8 Å². The zero-order valence-electron chi connectivity index (χ0n) is 15.2. The molecular formula is C21H24ClN3O2. The molecule has 1 aliphatic heterocycles. The minimum absolute atomic E-state index is 0.0483. The van der Waals surface area contributed by atoms with Crippen LogP contribution < -0.4 is 10.6 Å². The van der Waals surface area contributed by atoms with Crippen LogP contribution in [0.1, 0.15) is 33.6 Å². The van der Waals surface area contributed by atoms with Crippen molar-refractivity contribution < 1.29 is 9.59 Å². The molecule has 2 aromatic rings. The largest absolute Gasteiger partial charge is 0.321 e. The van der Waals surface area contributed by atoms with Gasteiger partial charge in [0.25, 0.3) is 5.91 Å². The number of benzene rings is 2. The normalized spacial score (nSPS) is 14.7. The third kappa shape index (κ3) is 5.63. The number of carbonyl (C=O) groups excluding carboxylic acids is 2.